The maximum absolute atomic E-state index is 13.2. The number of amides is 2. The number of hydrogen-bond donors (Lipinski definition) is 1. The molecule has 0 radical (unpaired) electrons. The van der Waals surface area contributed by atoms with Crippen LogP contribution in [0.4, 0.5) is 10.5 Å². The minimum Gasteiger partial charge on any atom is -0.444 e. The second-order valence-corrected chi connectivity index (χ2v) is 7.98. The highest BCUT2D eigenvalue weighted by Crippen LogP contribution is 2.28. The molecule has 6 nitrogen and oxygen atoms in total. The van der Waals surface area contributed by atoms with Gasteiger partial charge < -0.3 is 15.0 Å². The molecule has 2 amide bonds. The number of ether oxygens (including phenoxy) is 1. The van der Waals surface area contributed by atoms with Crippen molar-refractivity contribution in [2.75, 3.05) is 18.0 Å². The van der Waals surface area contributed by atoms with E-state index in [1.54, 1.807) is 51.1 Å². The van der Waals surface area contributed by atoms with Crippen molar-refractivity contribution in [3.05, 3.63) is 63.6 Å². The summed E-state index contributed by atoms with van der Waals surface area (Å²) in [6.45, 7) is 5.51. The molecular formula is C21H21Cl2N3O3. The van der Waals surface area contributed by atoms with Crippen molar-refractivity contribution >= 4 is 40.9 Å². The molecule has 0 aliphatic carbocycles. The van der Waals surface area contributed by atoms with Gasteiger partial charge in [-0.05, 0) is 51.1 Å². The number of nitriles is 1. The van der Waals surface area contributed by atoms with Crippen molar-refractivity contribution in [2.24, 2.45) is 0 Å². The molecule has 29 heavy (non-hydrogen) atoms. The molecule has 0 fully saturated rings. The first kappa shape index (κ1) is 22.5. The number of benzene rings is 2. The minimum atomic E-state index is -0.634. The fourth-order valence-electron chi connectivity index (χ4n) is 2.52. The summed E-state index contributed by atoms with van der Waals surface area (Å²) in [6, 6.07) is 13.3. The predicted molar refractivity (Wildman–Crippen MR) is 114 cm³/mol. The van der Waals surface area contributed by atoms with Crippen molar-refractivity contribution in [1.82, 2.24) is 5.32 Å². The lowest BCUT2D eigenvalue weighted by atomic mass is 10.1. The van der Waals surface area contributed by atoms with E-state index in [1.807, 2.05) is 6.07 Å². The zero-order valence-corrected chi connectivity index (χ0v) is 17.8. The summed E-state index contributed by atoms with van der Waals surface area (Å²) < 4.78 is 5.21. The van der Waals surface area contributed by atoms with Crippen LogP contribution in [-0.4, -0.2) is 30.7 Å². The van der Waals surface area contributed by atoms with Gasteiger partial charge in [-0.25, -0.2) is 4.79 Å². The summed E-state index contributed by atoms with van der Waals surface area (Å²) >= 11 is 12.3. The van der Waals surface area contributed by atoms with E-state index in [1.165, 1.54) is 17.0 Å². The summed E-state index contributed by atoms with van der Waals surface area (Å²) in [4.78, 5) is 26.5. The Balaban J connectivity index is 2.29. The molecule has 0 unspecified atom stereocenters. The molecule has 8 heteroatoms. The van der Waals surface area contributed by atoms with Crippen LogP contribution in [0.25, 0.3) is 0 Å². The Bertz CT molecular complexity index is 949. The third kappa shape index (κ3) is 6.38. The topological polar surface area (TPSA) is 82.4 Å². The van der Waals surface area contributed by atoms with Crippen molar-refractivity contribution in [3.63, 3.8) is 0 Å². The van der Waals surface area contributed by atoms with Crippen molar-refractivity contribution in [1.29, 1.82) is 5.26 Å². The molecule has 0 spiro atoms. The van der Waals surface area contributed by atoms with Crippen LogP contribution in [0, 0.1) is 11.3 Å². The zero-order chi connectivity index (χ0) is 21.6. The number of alkyl carbamates (subject to hydrolysis) is 1. The molecule has 0 saturated carbocycles. The van der Waals surface area contributed by atoms with Crippen LogP contribution in [0.5, 0.6) is 0 Å². The number of hydrogen-bond acceptors (Lipinski definition) is 4. The molecule has 0 bridgehead atoms. The Morgan fingerprint density at radius 3 is 2.48 bits per heavy atom. The average Bonchev–Trinajstić information content (AvgIpc) is 2.64. The number of carbonyl (C=O) groups is 2. The van der Waals surface area contributed by atoms with Gasteiger partial charge in [-0.1, -0.05) is 35.3 Å². The van der Waals surface area contributed by atoms with Gasteiger partial charge in [0.05, 0.1) is 27.9 Å². The Hall–Kier alpha value is -2.75. The lowest BCUT2D eigenvalue weighted by molar-refractivity contribution is 0.0528. The van der Waals surface area contributed by atoms with Gasteiger partial charge in [0, 0.05) is 18.1 Å². The quantitative estimate of drug-likeness (QED) is 0.715. The molecule has 2 aromatic carbocycles. The summed E-state index contributed by atoms with van der Waals surface area (Å²) in [6.07, 6.45) is -0.593. The van der Waals surface area contributed by atoms with Gasteiger partial charge in [0.1, 0.15) is 5.60 Å². The Labute approximate surface area is 180 Å². The van der Waals surface area contributed by atoms with Crippen LogP contribution >= 0.6 is 23.2 Å². The van der Waals surface area contributed by atoms with Crippen molar-refractivity contribution in [2.45, 2.75) is 26.4 Å². The van der Waals surface area contributed by atoms with Gasteiger partial charge in [-0.2, -0.15) is 5.26 Å². The first-order chi connectivity index (χ1) is 13.6. The third-order valence-corrected chi connectivity index (χ3v) is 4.28. The van der Waals surface area contributed by atoms with E-state index in [-0.39, 0.29) is 24.2 Å². The number of para-hydroxylation sites is 1. The van der Waals surface area contributed by atoms with E-state index in [4.69, 9.17) is 27.9 Å². The Morgan fingerprint density at radius 2 is 1.86 bits per heavy atom. The summed E-state index contributed by atoms with van der Waals surface area (Å²) in [5.41, 5.74) is 0.160. The minimum absolute atomic E-state index is 0.110. The van der Waals surface area contributed by atoms with Gasteiger partial charge in [-0.15, -0.1) is 0 Å². The Morgan fingerprint density at radius 1 is 1.17 bits per heavy atom. The molecule has 2 aromatic rings. The highest BCUT2D eigenvalue weighted by molar-refractivity contribution is 6.34. The van der Waals surface area contributed by atoms with Gasteiger partial charge in [0.15, 0.2) is 0 Å². The van der Waals surface area contributed by atoms with Gasteiger partial charge in [-0.3, -0.25) is 4.79 Å². The number of nitrogens with zero attached hydrogens (tertiary/aromatic N) is 2. The molecule has 152 valence electrons. The maximum atomic E-state index is 13.2. The normalized spacial score (nSPS) is 10.8. The third-order valence-electron chi connectivity index (χ3n) is 3.72. The highest BCUT2D eigenvalue weighted by atomic mass is 35.5. The van der Waals surface area contributed by atoms with Crippen LogP contribution in [0.15, 0.2) is 42.5 Å². The van der Waals surface area contributed by atoms with E-state index >= 15 is 0 Å². The highest BCUT2D eigenvalue weighted by Gasteiger charge is 2.23. The fourth-order valence-corrected chi connectivity index (χ4v) is 2.93. The molecule has 0 saturated heterocycles. The summed E-state index contributed by atoms with van der Waals surface area (Å²) in [5.74, 6) is -0.455. The van der Waals surface area contributed by atoms with Crippen LogP contribution in [-0.2, 0) is 4.74 Å². The van der Waals surface area contributed by atoms with E-state index < -0.39 is 17.6 Å². The number of nitrogens with one attached hydrogen (secondary N) is 1. The monoisotopic (exact) mass is 433 g/mol. The average molecular weight is 434 g/mol. The van der Waals surface area contributed by atoms with E-state index in [9.17, 15) is 14.9 Å². The SMILES string of the molecule is CC(C)(C)OC(=O)NCCN(C(=O)c1cc(Cl)ccc1C#N)c1ccccc1Cl. The molecule has 0 aliphatic heterocycles. The van der Waals surface area contributed by atoms with E-state index in [0.717, 1.165) is 0 Å². The van der Waals surface area contributed by atoms with Crippen LogP contribution in [0.3, 0.4) is 0 Å². The van der Waals surface area contributed by atoms with Gasteiger partial charge >= 0.3 is 6.09 Å². The maximum Gasteiger partial charge on any atom is 0.407 e. The van der Waals surface area contributed by atoms with Gasteiger partial charge in [0.2, 0.25) is 0 Å². The molecule has 0 aromatic heterocycles. The second kappa shape index (κ2) is 9.64. The summed E-state index contributed by atoms with van der Waals surface area (Å²) in [7, 11) is 0. The smallest absolute Gasteiger partial charge is 0.407 e. The molecule has 0 atom stereocenters. The first-order valence-electron chi connectivity index (χ1n) is 8.85. The standard InChI is InChI=1S/C21H21Cl2N3O3/c1-21(2,3)29-20(28)25-10-11-26(18-7-5-4-6-17(18)23)19(27)16-12-15(22)9-8-14(16)13-24/h4-9,12H,10-11H2,1-3H3,(H,25,28). The number of rotatable bonds is 5. The zero-order valence-electron chi connectivity index (χ0n) is 16.3. The predicted octanol–water partition coefficient (Wildman–Crippen LogP) is 5.04. The summed E-state index contributed by atoms with van der Waals surface area (Å²) in [5, 5.41) is 12.7. The van der Waals surface area contributed by atoms with Crippen molar-refractivity contribution < 1.29 is 14.3 Å². The lowest BCUT2D eigenvalue weighted by Crippen LogP contribution is -2.40. The van der Waals surface area contributed by atoms with Gasteiger partial charge in [0.25, 0.3) is 5.91 Å². The van der Waals surface area contributed by atoms with E-state index in [2.05, 4.69) is 5.32 Å². The number of anilines is 1. The molecule has 0 heterocycles. The van der Waals surface area contributed by atoms with Crippen LogP contribution < -0.4 is 10.2 Å². The lowest BCUT2D eigenvalue weighted by Gasteiger charge is -2.25. The van der Waals surface area contributed by atoms with Crippen molar-refractivity contribution in [3.8, 4) is 6.07 Å². The largest absolute Gasteiger partial charge is 0.444 e. The molecular weight excluding hydrogens is 413 g/mol. The second-order valence-electron chi connectivity index (χ2n) is 7.14. The van der Waals surface area contributed by atoms with Crippen LogP contribution in [0.1, 0.15) is 36.7 Å². The van der Waals surface area contributed by atoms with Crippen LogP contribution in [0.2, 0.25) is 10.0 Å². The number of carbonyl (C=O) groups excluding carboxylic acids is 2. The Kier molecular flexibility index (Phi) is 7.49. The molecule has 0 aliphatic rings. The fraction of sp³-hybridized carbons (Fsp3) is 0.286. The number of halogens is 2. The first-order valence-corrected chi connectivity index (χ1v) is 9.61. The van der Waals surface area contributed by atoms with E-state index in [0.29, 0.717) is 15.7 Å². The molecule has 2 rings (SSSR count). The molecule has 1 N–H and O–H groups in total.